The first-order valence-electron chi connectivity index (χ1n) is 30.7. The van der Waals surface area contributed by atoms with E-state index in [1.54, 1.807) is 0 Å². The molecule has 0 aromatic carbocycles. The Hall–Kier alpha value is -1.94. The zero-order chi connectivity index (χ0) is 57.1. The van der Waals surface area contributed by atoms with Crippen LogP contribution < -0.4 is 0 Å². The Morgan fingerprint density at radius 1 is 0.364 bits per heavy atom. The first kappa shape index (κ1) is 75.1. The number of aliphatic hydroxyl groups is 1. The molecule has 0 aromatic rings. The Labute approximate surface area is 467 Å². The van der Waals surface area contributed by atoms with Crippen LogP contribution in [0.3, 0.4) is 0 Å². The average Bonchev–Trinajstić information content (AvgIpc) is 3.40. The molecule has 3 N–H and O–H groups in total. The maximum absolute atomic E-state index is 12.9. The minimum absolute atomic E-state index is 0.103. The van der Waals surface area contributed by atoms with Crippen molar-refractivity contribution < 1.29 is 80.2 Å². The lowest BCUT2D eigenvalue weighted by molar-refractivity contribution is -0.161. The number of phosphoric ester groups is 2. The lowest BCUT2D eigenvalue weighted by atomic mass is 10.00. The second-order valence-electron chi connectivity index (χ2n) is 21.3. The van der Waals surface area contributed by atoms with Gasteiger partial charge in [-0.1, -0.05) is 234 Å². The molecule has 0 fully saturated rings. The first-order chi connectivity index (χ1) is 37.1. The smallest absolute Gasteiger partial charge is 0.462 e. The fourth-order valence-electron chi connectivity index (χ4n) is 8.49. The van der Waals surface area contributed by atoms with E-state index in [-0.39, 0.29) is 25.7 Å². The van der Waals surface area contributed by atoms with E-state index in [9.17, 15) is 43.2 Å². The van der Waals surface area contributed by atoms with Crippen molar-refractivity contribution in [3.8, 4) is 0 Å². The summed E-state index contributed by atoms with van der Waals surface area (Å²) < 4.78 is 67.6. The molecule has 0 amide bonds. The van der Waals surface area contributed by atoms with Crippen molar-refractivity contribution in [2.45, 2.75) is 303 Å². The summed E-state index contributed by atoms with van der Waals surface area (Å²) in [4.78, 5) is 71.8. The van der Waals surface area contributed by atoms with Crippen molar-refractivity contribution in [1.29, 1.82) is 0 Å². The summed E-state index contributed by atoms with van der Waals surface area (Å²) in [5.74, 6) is -1.43. The number of ether oxygens (including phenoxy) is 4. The number of esters is 4. The minimum atomic E-state index is -4.94. The lowest BCUT2D eigenvalue weighted by Gasteiger charge is -2.21. The van der Waals surface area contributed by atoms with Gasteiger partial charge < -0.3 is 33.8 Å². The Morgan fingerprint density at radius 2 is 0.623 bits per heavy atom. The van der Waals surface area contributed by atoms with Crippen LogP contribution in [0.2, 0.25) is 0 Å². The Morgan fingerprint density at radius 3 is 0.922 bits per heavy atom. The topological polar surface area (TPSA) is 237 Å². The largest absolute Gasteiger partial charge is 0.472 e. The zero-order valence-corrected chi connectivity index (χ0v) is 50.9. The molecule has 6 atom stereocenters. The summed E-state index contributed by atoms with van der Waals surface area (Å²) in [6, 6.07) is 0. The molecule has 0 bridgehead atoms. The van der Waals surface area contributed by atoms with E-state index in [0.29, 0.717) is 25.7 Å². The highest BCUT2D eigenvalue weighted by atomic mass is 31.2. The molecule has 0 saturated carbocycles. The van der Waals surface area contributed by atoms with Gasteiger partial charge in [0, 0.05) is 25.7 Å². The number of hydrogen-bond acceptors (Lipinski definition) is 15. The van der Waals surface area contributed by atoms with Crippen molar-refractivity contribution in [3.05, 3.63) is 0 Å². The molecule has 0 spiro atoms. The highest BCUT2D eigenvalue weighted by Gasteiger charge is 2.30. The summed E-state index contributed by atoms with van der Waals surface area (Å²) in [7, 11) is -9.87. The molecule has 0 heterocycles. The Balaban J connectivity index is 5.22. The number of hydrogen-bond donors (Lipinski definition) is 3. The first-order valence-corrected chi connectivity index (χ1v) is 33.7. The van der Waals surface area contributed by atoms with Gasteiger partial charge in [-0.15, -0.1) is 0 Å². The Kier molecular flexibility index (Phi) is 50.8. The van der Waals surface area contributed by atoms with Crippen LogP contribution >= 0.6 is 15.6 Å². The molecule has 456 valence electrons. The molecule has 0 aromatic heterocycles. The molecule has 17 nitrogen and oxygen atoms in total. The molecule has 0 radical (unpaired) electrons. The van der Waals surface area contributed by atoms with Crippen LogP contribution in [0.25, 0.3) is 0 Å². The quantitative estimate of drug-likeness (QED) is 0.0222. The van der Waals surface area contributed by atoms with E-state index in [0.717, 1.165) is 102 Å². The van der Waals surface area contributed by atoms with Gasteiger partial charge in [0.1, 0.15) is 19.3 Å². The van der Waals surface area contributed by atoms with Crippen LogP contribution in [0, 0.1) is 5.92 Å². The normalized spacial score (nSPS) is 14.8. The van der Waals surface area contributed by atoms with Gasteiger partial charge in [0.05, 0.1) is 26.4 Å². The third kappa shape index (κ3) is 51.9. The van der Waals surface area contributed by atoms with E-state index >= 15 is 0 Å². The number of unbranched alkanes of at least 4 members (excludes halogenated alkanes) is 29. The van der Waals surface area contributed by atoms with Crippen LogP contribution in [0.5, 0.6) is 0 Å². The molecule has 77 heavy (non-hydrogen) atoms. The summed E-state index contributed by atoms with van der Waals surface area (Å²) in [6.45, 7) is 7.05. The molecule has 3 unspecified atom stereocenters. The van der Waals surface area contributed by atoms with Crippen molar-refractivity contribution in [2.75, 3.05) is 39.6 Å². The summed E-state index contributed by atoms with van der Waals surface area (Å²) in [6.07, 6.45) is 33.5. The molecule has 0 rings (SSSR count). The third-order valence-electron chi connectivity index (χ3n) is 13.6. The molecule has 0 aliphatic carbocycles. The van der Waals surface area contributed by atoms with E-state index in [1.807, 2.05) is 0 Å². The fraction of sp³-hybridized carbons (Fsp3) is 0.931. The van der Waals surface area contributed by atoms with Crippen molar-refractivity contribution in [1.82, 2.24) is 0 Å². The highest BCUT2D eigenvalue weighted by molar-refractivity contribution is 7.47. The predicted octanol–water partition coefficient (Wildman–Crippen LogP) is 15.5. The van der Waals surface area contributed by atoms with Crippen LogP contribution in [-0.2, 0) is 65.4 Å². The predicted molar refractivity (Wildman–Crippen MR) is 303 cm³/mol. The number of carbonyl (C=O) groups is 4. The van der Waals surface area contributed by atoms with Gasteiger partial charge in [0.25, 0.3) is 0 Å². The van der Waals surface area contributed by atoms with Gasteiger partial charge in [-0.25, -0.2) is 9.13 Å². The molecule has 0 saturated heterocycles. The number of rotatable bonds is 58. The van der Waals surface area contributed by atoms with Crippen LogP contribution in [0.15, 0.2) is 0 Å². The number of carbonyl (C=O) groups excluding carboxylic acids is 4. The Bertz CT molecular complexity index is 1520. The second-order valence-corrected chi connectivity index (χ2v) is 24.2. The van der Waals surface area contributed by atoms with E-state index in [4.69, 9.17) is 37.0 Å². The van der Waals surface area contributed by atoms with E-state index in [1.165, 1.54) is 103 Å². The third-order valence-corrected chi connectivity index (χ3v) is 15.5. The molecule has 0 aliphatic heterocycles. The maximum Gasteiger partial charge on any atom is 0.472 e. The minimum Gasteiger partial charge on any atom is -0.462 e. The highest BCUT2D eigenvalue weighted by Crippen LogP contribution is 2.45. The van der Waals surface area contributed by atoms with Gasteiger partial charge in [-0.2, -0.15) is 0 Å². The lowest BCUT2D eigenvalue weighted by Crippen LogP contribution is -2.30. The standard InChI is InChI=1S/C58H112O17P2/c1-6-10-13-16-19-22-24-26-32-37-42-56(61)69-48-54(75-58(63)44-39-34-29-28-30-35-40-51(5)9-4)50-73-77(66,67)71-46-52(59)45-70-76(64,65)72-49-53(47-68-55(60)41-36-31-25-21-18-15-12-8-3)74-57(62)43-38-33-27-23-20-17-14-11-7-2/h51-54,59H,6-50H2,1-5H3,(H,64,65)(H,66,67)/t51?,52-,53+,54+/m0/s1. The van der Waals surface area contributed by atoms with Gasteiger partial charge in [0.2, 0.25) is 0 Å². The van der Waals surface area contributed by atoms with Crippen molar-refractivity contribution >= 4 is 39.5 Å². The van der Waals surface area contributed by atoms with E-state index in [2.05, 4.69) is 34.6 Å². The van der Waals surface area contributed by atoms with Gasteiger partial charge >= 0.3 is 39.5 Å². The summed E-state index contributed by atoms with van der Waals surface area (Å²) >= 11 is 0. The molecular weight excluding hydrogens is 1030 g/mol. The van der Waals surface area contributed by atoms with Gasteiger partial charge in [-0.3, -0.25) is 37.3 Å². The molecule has 0 aliphatic rings. The molecular formula is C58H112O17P2. The van der Waals surface area contributed by atoms with Crippen molar-refractivity contribution in [3.63, 3.8) is 0 Å². The van der Waals surface area contributed by atoms with Gasteiger partial charge in [0.15, 0.2) is 12.2 Å². The van der Waals surface area contributed by atoms with Crippen LogP contribution in [0.4, 0.5) is 0 Å². The monoisotopic (exact) mass is 1140 g/mol. The summed E-state index contributed by atoms with van der Waals surface area (Å²) in [5.41, 5.74) is 0. The van der Waals surface area contributed by atoms with Crippen LogP contribution in [0.1, 0.15) is 285 Å². The number of aliphatic hydroxyl groups excluding tert-OH is 1. The maximum atomic E-state index is 12.9. The SMILES string of the molecule is CCCCCCCCCCCCC(=O)OC[C@H](COP(=O)(O)OC[C@@H](O)COP(=O)(O)OC[C@@H](COC(=O)CCCCCCCCCC)OC(=O)CCCCCCCCCCC)OC(=O)CCCCCCCCC(C)CC. The second kappa shape index (κ2) is 52.2. The number of phosphoric acid groups is 2. The van der Waals surface area contributed by atoms with E-state index < -0.39 is 97.5 Å². The summed E-state index contributed by atoms with van der Waals surface area (Å²) in [5, 5.41) is 10.5. The fourth-order valence-corrected chi connectivity index (χ4v) is 10.1. The average molecular weight is 1140 g/mol. The van der Waals surface area contributed by atoms with Crippen LogP contribution in [-0.4, -0.2) is 96.7 Å². The zero-order valence-electron chi connectivity index (χ0n) is 49.1. The van der Waals surface area contributed by atoms with Crippen molar-refractivity contribution in [2.24, 2.45) is 5.92 Å². The molecule has 19 heteroatoms. The van der Waals surface area contributed by atoms with Gasteiger partial charge in [-0.05, 0) is 31.6 Å².